The topological polar surface area (TPSA) is 32.9 Å². The zero-order chi connectivity index (χ0) is 14.3. The fourth-order valence-corrected chi connectivity index (χ4v) is 2.63. The van der Waals surface area contributed by atoms with E-state index in [1.54, 1.807) is 24.4 Å². The summed E-state index contributed by atoms with van der Waals surface area (Å²) in [5.41, 5.74) is 3.05. The van der Waals surface area contributed by atoms with E-state index < -0.39 is 0 Å². The normalized spacial score (nSPS) is 10.9. The van der Waals surface area contributed by atoms with E-state index >= 15 is 0 Å². The highest BCUT2D eigenvalue weighted by molar-refractivity contribution is 6.44. The minimum Gasteiger partial charge on any atom is -0.360 e. The van der Waals surface area contributed by atoms with Gasteiger partial charge in [0.25, 0.3) is 0 Å². The average Bonchev–Trinajstić information content (AvgIpc) is 2.84. The molecule has 0 radical (unpaired) electrons. The van der Waals surface area contributed by atoms with Gasteiger partial charge in [-0.15, -0.1) is 0 Å². The molecule has 3 aromatic rings. The van der Waals surface area contributed by atoms with Crippen molar-refractivity contribution in [1.29, 1.82) is 0 Å². The summed E-state index contributed by atoms with van der Waals surface area (Å²) in [6, 6.07) is 11.0. The van der Waals surface area contributed by atoms with Crippen LogP contribution in [0, 0.1) is 6.92 Å². The van der Waals surface area contributed by atoms with Gasteiger partial charge in [-0.1, -0.05) is 40.9 Å². The zero-order valence-corrected chi connectivity index (χ0v) is 12.2. The first-order valence-corrected chi connectivity index (χ1v) is 6.90. The summed E-state index contributed by atoms with van der Waals surface area (Å²) >= 11 is 12.1. The molecule has 0 aliphatic heterocycles. The summed E-state index contributed by atoms with van der Waals surface area (Å²) in [7, 11) is 0. The first kappa shape index (κ1) is 13.2. The number of fused-ring (bicyclic) bond motifs is 1. The SMILES string of the molecule is Cc1ccc2[nH]cc(C(=O)c3cccc(Cl)c3Cl)c2c1. The molecule has 0 atom stereocenters. The maximum Gasteiger partial charge on any atom is 0.196 e. The van der Waals surface area contributed by atoms with Gasteiger partial charge in [-0.05, 0) is 31.2 Å². The van der Waals surface area contributed by atoms with Crippen molar-refractivity contribution in [3.05, 3.63) is 69.3 Å². The van der Waals surface area contributed by atoms with Gasteiger partial charge in [0.1, 0.15) is 0 Å². The molecule has 0 bridgehead atoms. The molecule has 2 aromatic carbocycles. The molecule has 0 spiro atoms. The molecule has 1 aromatic heterocycles. The van der Waals surface area contributed by atoms with E-state index in [0.29, 0.717) is 21.2 Å². The average molecular weight is 304 g/mol. The summed E-state index contributed by atoms with van der Waals surface area (Å²) in [5.74, 6) is -0.130. The van der Waals surface area contributed by atoms with Crippen molar-refractivity contribution >= 4 is 39.9 Å². The maximum absolute atomic E-state index is 12.6. The van der Waals surface area contributed by atoms with Crippen LogP contribution in [-0.4, -0.2) is 10.8 Å². The fraction of sp³-hybridized carbons (Fsp3) is 0.0625. The number of ketones is 1. The molecule has 1 N–H and O–H groups in total. The minimum atomic E-state index is -0.130. The van der Waals surface area contributed by atoms with E-state index in [1.807, 2.05) is 25.1 Å². The second-order valence-electron chi connectivity index (χ2n) is 4.68. The zero-order valence-electron chi connectivity index (χ0n) is 10.7. The first-order chi connectivity index (χ1) is 9.58. The van der Waals surface area contributed by atoms with Crippen LogP contribution in [0.5, 0.6) is 0 Å². The molecule has 0 saturated carbocycles. The van der Waals surface area contributed by atoms with Gasteiger partial charge in [-0.2, -0.15) is 0 Å². The molecule has 0 aliphatic rings. The Morgan fingerprint density at radius 3 is 2.70 bits per heavy atom. The quantitative estimate of drug-likeness (QED) is 0.663. The van der Waals surface area contributed by atoms with Crippen LogP contribution in [0.15, 0.2) is 42.6 Å². The van der Waals surface area contributed by atoms with Gasteiger partial charge in [0.05, 0.1) is 10.0 Å². The molecule has 3 rings (SSSR count). The number of halogens is 2. The van der Waals surface area contributed by atoms with Crippen molar-refractivity contribution in [3.8, 4) is 0 Å². The Labute approximate surface area is 126 Å². The third kappa shape index (κ3) is 2.11. The monoisotopic (exact) mass is 303 g/mol. The smallest absolute Gasteiger partial charge is 0.196 e. The van der Waals surface area contributed by atoms with Gasteiger partial charge in [-0.25, -0.2) is 0 Å². The van der Waals surface area contributed by atoms with Gasteiger partial charge >= 0.3 is 0 Å². The predicted octanol–water partition coefficient (Wildman–Crippen LogP) is 5.01. The number of rotatable bonds is 2. The number of H-pyrrole nitrogens is 1. The molecule has 0 amide bonds. The molecule has 0 saturated heterocycles. The fourth-order valence-electron chi connectivity index (χ4n) is 2.25. The highest BCUT2D eigenvalue weighted by Crippen LogP contribution is 2.29. The van der Waals surface area contributed by atoms with E-state index in [9.17, 15) is 4.79 Å². The van der Waals surface area contributed by atoms with Crippen molar-refractivity contribution in [1.82, 2.24) is 4.98 Å². The third-order valence-electron chi connectivity index (χ3n) is 3.28. The molecular weight excluding hydrogens is 293 g/mol. The Hall–Kier alpha value is -1.77. The van der Waals surface area contributed by atoms with Crippen molar-refractivity contribution in [2.45, 2.75) is 6.92 Å². The summed E-state index contributed by atoms with van der Waals surface area (Å²) in [6.45, 7) is 1.99. The van der Waals surface area contributed by atoms with Crippen LogP contribution in [0.3, 0.4) is 0 Å². The Morgan fingerprint density at radius 1 is 1.10 bits per heavy atom. The highest BCUT2D eigenvalue weighted by atomic mass is 35.5. The van der Waals surface area contributed by atoms with Crippen LogP contribution < -0.4 is 0 Å². The Morgan fingerprint density at radius 2 is 1.90 bits per heavy atom. The lowest BCUT2D eigenvalue weighted by molar-refractivity contribution is 0.104. The number of aryl methyl sites for hydroxylation is 1. The van der Waals surface area contributed by atoms with E-state index in [4.69, 9.17) is 23.2 Å². The molecule has 4 heteroatoms. The van der Waals surface area contributed by atoms with Crippen LogP contribution in [0.1, 0.15) is 21.5 Å². The summed E-state index contributed by atoms with van der Waals surface area (Å²) in [4.78, 5) is 15.7. The Balaban J connectivity index is 2.18. The van der Waals surface area contributed by atoms with Crippen molar-refractivity contribution in [2.75, 3.05) is 0 Å². The largest absolute Gasteiger partial charge is 0.360 e. The standard InChI is InChI=1S/C16H11Cl2NO/c1-9-5-6-14-11(7-9)12(8-19-14)16(20)10-3-2-4-13(17)15(10)18/h2-8,19H,1H3. The van der Waals surface area contributed by atoms with Gasteiger partial charge in [0.15, 0.2) is 5.78 Å². The van der Waals surface area contributed by atoms with Gasteiger partial charge in [0, 0.05) is 28.2 Å². The summed E-state index contributed by atoms with van der Waals surface area (Å²) in [5, 5.41) is 1.57. The van der Waals surface area contributed by atoms with E-state index in [0.717, 1.165) is 16.5 Å². The number of hydrogen-bond donors (Lipinski definition) is 1. The van der Waals surface area contributed by atoms with Gasteiger partial charge < -0.3 is 4.98 Å². The molecule has 1 heterocycles. The molecule has 100 valence electrons. The lowest BCUT2D eigenvalue weighted by Crippen LogP contribution is -2.01. The summed E-state index contributed by atoms with van der Waals surface area (Å²) < 4.78 is 0. The lowest BCUT2D eigenvalue weighted by atomic mass is 10.0. The molecule has 0 aliphatic carbocycles. The molecule has 20 heavy (non-hydrogen) atoms. The van der Waals surface area contributed by atoms with Crippen molar-refractivity contribution in [2.24, 2.45) is 0 Å². The van der Waals surface area contributed by atoms with Crippen molar-refractivity contribution in [3.63, 3.8) is 0 Å². The van der Waals surface area contributed by atoms with Crippen LogP contribution in [-0.2, 0) is 0 Å². The number of aromatic nitrogens is 1. The molecule has 0 fully saturated rings. The number of carbonyl (C=O) groups excluding carboxylic acids is 1. The van der Waals surface area contributed by atoms with Gasteiger partial charge in [-0.3, -0.25) is 4.79 Å². The van der Waals surface area contributed by atoms with E-state index in [-0.39, 0.29) is 5.78 Å². The Bertz CT molecular complexity index is 820. The van der Waals surface area contributed by atoms with E-state index in [2.05, 4.69) is 4.98 Å². The second-order valence-corrected chi connectivity index (χ2v) is 5.47. The molecule has 0 unspecified atom stereocenters. The first-order valence-electron chi connectivity index (χ1n) is 6.14. The highest BCUT2D eigenvalue weighted by Gasteiger charge is 2.18. The molecular formula is C16H11Cl2NO. The summed E-state index contributed by atoms with van der Waals surface area (Å²) in [6.07, 6.45) is 1.71. The number of aromatic amines is 1. The number of carbonyl (C=O) groups is 1. The van der Waals surface area contributed by atoms with Crippen LogP contribution in [0.25, 0.3) is 10.9 Å². The number of hydrogen-bond acceptors (Lipinski definition) is 1. The molecule has 2 nitrogen and oxygen atoms in total. The maximum atomic E-state index is 12.6. The number of benzene rings is 2. The van der Waals surface area contributed by atoms with Crippen LogP contribution in [0.4, 0.5) is 0 Å². The van der Waals surface area contributed by atoms with E-state index in [1.165, 1.54) is 0 Å². The second kappa shape index (κ2) is 4.97. The lowest BCUT2D eigenvalue weighted by Gasteiger charge is -2.04. The van der Waals surface area contributed by atoms with Crippen molar-refractivity contribution < 1.29 is 4.79 Å². The van der Waals surface area contributed by atoms with Crippen LogP contribution >= 0.6 is 23.2 Å². The van der Waals surface area contributed by atoms with Crippen LogP contribution in [0.2, 0.25) is 10.0 Å². The predicted molar refractivity (Wildman–Crippen MR) is 82.9 cm³/mol. The van der Waals surface area contributed by atoms with Gasteiger partial charge in [0.2, 0.25) is 0 Å². The minimum absolute atomic E-state index is 0.130. The Kier molecular flexibility index (Phi) is 3.28. The third-order valence-corrected chi connectivity index (χ3v) is 4.10. The number of nitrogens with one attached hydrogen (secondary N) is 1.